The molecule has 0 unspecified atom stereocenters. The van der Waals surface area contributed by atoms with E-state index in [-0.39, 0.29) is 23.9 Å². The Hall–Kier alpha value is -2.32. The largest absolute Gasteiger partial charge is 0.444 e. The highest BCUT2D eigenvalue weighted by Crippen LogP contribution is 2.15. The first kappa shape index (κ1) is 27.7. The zero-order valence-corrected chi connectivity index (χ0v) is 19.8. The quantitative estimate of drug-likeness (QED) is 0.296. The predicted molar refractivity (Wildman–Crippen MR) is 123 cm³/mol. The summed E-state index contributed by atoms with van der Waals surface area (Å²) < 4.78 is 45.8. The molecule has 0 aliphatic carbocycles. The van der Waals surface area contributed by atoms with Crippen molar-refractivity contribution in [2.24, 2.45) is 0 Å². The number of nitrogens with one attached hydrogen (secondary N) is 2. The number of benzene rings is 1. The SMILES string of the molecule is C#CCNc1ccc(S(=O)(=O)CCOCCOCCOCCNC(=O)OC(C)(C)C)cc1. The van der Waals surface area contributed by atoms with Crippen LogP contribution in [-0.4, -0.2) is 78.6 Å². The summed E-state index contributed by atoms with van der Waals surface area (Å²) >= 11 is 0. The number of amides is 1. The summed E-state index contributed by atoms with van der Waals surface area (Å²) in [4.78, 5) is 11.7. The van der Waals surface area contributed by atoms with E-state index in [0.717, 1.165) is 5.69 Å². The highest BCUT2D eigenvalue weighted by molar-refractivity contribution is 7.91. The molecule has 0 spiro atoms. The highest BCUT2D eigenvalue weighted by atomic mass is 32.2. The van der Waals surface area contributed by atoms with Gasteiger partial charge in [-0.3, -0.25) is 0 Å². The van der Waals surface area contributed by atoms with E-state index in [1.165, 1.54) is 0 Å². The third-order valence-corrected chi connectivity index (χ3v) is 5.46. The van der Waals surface area contributed by atoms with Crippen molar-refractivity contribution < 1.29 is 32.2 Å². The number of carbonyl (C=O) groups is 1. The summed E-state index contributed by atoms with van der Waals surface area (Å²) in [5.74, 6) is 2.34. The molecule has 9 nitrogen and oxygen atoms in total. The van der Waals surface area contributed by atoms with E-state index >= 15 is 0 Å². The van der Waals surface area contributed by atoms with Gasteiger partial charge in [0.05, 0.1) is 56.8 Å². The summed E-state index contributed by atoms with van der Waals surface area (Å²) in [7, 11) is -3.42. The summed E-state index contributed by atoms with van der Waals surface area (Å²) in [6.45, 7) is 7.88. The van der Waals surface area contributed by atoms with E-state index in [1.54, 1.807) is 45.0 Å². The Morgan fingerprint density at radius 1 is 0.969 bits per heavy atom. The van der Waals surface area contributed by atoms with Crippen LogP contribution in [0, 0.1) is 12.3 Å². The van der Waals surface area contributed by atoms with Gasteiger partial charge in [-0.1, -0.05) is 5.92 Å². The molecule has 2 N–H and O–H groups in total. The van der Waals surface area contributed by atoms with E-state index in [4.69, 9.17) is 25.4 Å². The van der Waals surface area contributed by atoms with Crippen molar-refractivity contribution >= 4 is 21.6 Å². The highest BCUT2D eigenvalue weighted by Gasteiger charge is 2.15. The molecule has 0 saturated heterocycles. The summed E-state index contributed by atoms with van der Waals surface area (Å²) in [5, 5.41) is 5.57. The molecule has 0 bridgehead atoms. The Kier molecular flexibility index (Phi) is 12.7. The van der Waals surface area contributed by atoms with Crippen molar-refractivity contribution in [3.05, 3.63) is 24.3 Å². The fourth-order valence-corrected chi connectivity index (χ4v) is 3.42. The van der Waals surface area contributed by atoms with Crippen LogP contribution in [0.15, 0.2) is 29.2 Å². The number of sulfone groups is 1. The molecule has 1 aromatic rings. The zero-order chi connectivity index (χ0) is 23.9. The van der Waals surface area contributed by atoms with Crippen LogP contribution >= 0.6 is 0 Å². The lowest BCUT2D eigenvalue weighted by Crippen LogP contribution is -2.34. The fraction of sp³-hybridized carbons (Fsp3) is 0.591. The Bertz CT molecular complexity index is 812. The number of hydrogen-bond donors (Lipinski definition) is 2. The van der Waals surface area contributed by atoms with Crippen molar-refractivity contribution in [3.8, 4) is 12.3 Å². The van der Waals surface area contributed by atoms with Crippen molar-refractivity contribution in [3.63, 3.8) is 0 Å². The summed E-state index contributed by atoms with van der Waals surface area (Å²) in [5.41, 5.74) is 0.232. The van der Waals surface area contributed by atoms with Gasteiger partial charge in [0.2, 0.25) is 0 Å². The van der Waals surface area contributed by atoms with Gasteiger partial charge in [-0.15, -0.1) is 6.42 Å². The van der Waals surface area contributed by atoms with E-state index in [0.29, 0.717) is 39.5 Å². The van der Waals surface area contributed by atoms with Crippen molar-refractivity contribution in [2.45, 2.75) is 31.3 Å². The van der Waals surface area contributed by atoms with E-state index in [1.807, 2.05) is 0 Å². The average molecular weight is 471 g/mol. The molecule has 0 atom stereocenters. The maximum Gasteiger partial charge on any atom is 0.407 e. The van der Waals surface area contributed by atoms with Crippen LogP contribution in [-0.2, 0) is 28.8 Å². The number of hydrogen-bond acceptors (Lipinski definition) is 8. The molecule has 1 amide bonds. The van der Waals surface area contributed by atoms with Gasteiger partial charge in [0.15, 0.2) is 9.84 Å². The van der Waals surface area contributed by atoms with Gasteiger partial charge < -0.3 is 29.6 Å². The van der Waals surface area contributed by atoms with Crippen LogP contribution < -0.4 is 10.6 Å². The number of ether oxygens (including phenoxy) is 4. The predicted octanol–water partition coefficient (Wildman–Crippen LogP) is 2.08. The molecule has 32 heavy (non-hydrogen) atoms. The van der Waals surface area contributed by atoms with Gasteiger partial charge in [0, 0.05) is 12.2 Å². The third-order valence-electron chi connectivity index (χ3n) is 3.76. The minimum absolute atomic E-state index is 0.0790. The minimum atomic E-state index is -3.42. The first-order chi connectivity index (χ1) is 15.1. The number of alkyl carbamates (subject to hydrolysis) is 1. The van der Waals surface area contributed by atoms with Crippen molar-refractivity contribution in [2.75, 3.05) is 63.8 Å². The lowest BCUT2D eigenvalue weighted by atomic mass is 10.2. The second-order valence-electron chi connectivity index (χ2n) is 7.67. The molecule has 180 valence electrons. The smallest absolute Gasteiger partial charge is 0.407 e. The maximum atomic E-state index is 12.3. The van der Waals surface area contributed by atoms with Gasteiger partial charge in [-0.05, 0) is 45.0 Å². The van der Waals surface area contributed by atoms with E-state index in [2.05, 4.69) is 16.6 Å². The Balaban J connectivity index is 2.03. The van der Waals surface area contributed by atoms with Gasteiger partial charge in [-0.2, -0.15) is 0 Å². The van der Waals surface area contributed by atoms with Crippen LogP contribution in [0.5, 0.6) is 0 Å². The molecule has 1 rings (SSSR count). The van der Waals surface area contributed by atoms with Crippen molar-refractivity contribution in [1.29, 1.82) is 0 Å². The average Bonchev–Trinajstić information content (AvgIpc) is 2.72. The second-order valence-corrected chi connectivity index (χ2v) is 9.78. The van der Waals surface area contributed by atoms with Crippen LogP contribution in [0.3, 0.4) is 0 Å². The van der Waals surface area contributed by atoms with Gasteiger partial charge in [0.1, 0.15) is 5.60 Å². The topological polar surface area (TPSA) is 112 Å². The molecule has 0 heterocycles. The minimum Gasteiger partial charge on any atom is -0.444 e. The van der Waals surface area contributed by atoms with Gasteiger partial charge >= 0.3 is 6.09 Å². The molecule has 0 saturated carbocycles. The van der Waals surface area contributed by atoms with E-state index in [9.17, 15) is 13.2 Å². The lowest BCUT2D eigenvalue weighted by Gasteiger charge is -2.19. The van der Waals surface area contributed by atoms with Crippen LogP contribution in [0.4, 0.5) is 10.5 Å². The third kappa shape index (κ3) is 13.2. The molecule has 0 radical (unpaired) electrons. The molecule has 0 aliphatic rings. The molecular formula is C22H34N2O7S. The van der Waals surface area contributed by atoms with E-state index < -0.39 is 21.5 Å². The molecular weight excluding hydrogens is 436 g/mol. The molecule has 1 aromatic carbocycles. The molecule has 0 fully saturated rings. The number of terminal acetylenes is 1. The Morgan fingerprint density at radius 2 is 1.53 bits per heavy atom. The first-order valence-electron chi connectivity index (χ1n) is 10.3. The standard InChI is InChI=1S/C22H34N2O7S/c1-5-10-23-19-6-8-20(9-7-19)32(26,27)18-17-30-16-15-29-14-13-28-12-11-24-21(25)31-22(2,3)4/h1,6-9,23H,10-18H2,2-4H3,(H,24,25). The normalized spacial score (nSPS) is 11.6. The van der Waals surface area contributed by atoms with Gasteiger partial charge in [-0.25, -0.2) is 13.2 Å². The summed E-state index contributed by atoms with van der Waals surface area (Å²) in [6, 6.07) is 6.43. The zero-order valence-electron chi connectivity index (χ0n) is 19.0. The fourth-order valence-electron chi connectivity index (χ4n) is 2.30. The Morgan fingerprint density at radius 3 is 2.09 bits per heavy atom. The molecule has 10 heteroatoms. The Labute approximate surface area is 191 Å². The number of rotatable bonds is 15. The lowest BCUT2D eigenvalue weighted by molar-refractivity contribution is 0.0165. The second kappa shape index (κ2) is 14.7. The first-order valence-corrected chi connectivity index (χ1v) is 12.0. The van der Waals surface area contributed by atoms with Crippen molar-refractivity contribution in [1.82, 2.24) is 5.32 Å². The summed E-state index contributed by atoms with van der Waals surface area (Å²) in [6.07, 6.45) is 4.70. The molecule has 0 aliphatic heterocycles. The molecule has 0 aromatic heterocycles. The monoisotopic (exact) mass is 470 g/mol. The number of anilines is 1. The van der Waals surface area contributed by atoms with Crippen LogP contribution in [0.1, 0.15) is 20.8 Å². The van der Waals surface area contributed by atoms with Crippen LogP contribution in [0.25, 0.3) is 0 Å². The van der Waals surface area contributed by atoms with Crippen LogP contribution in [0.2, 0.25) is 0 Å². The number of carbonyl (C=O) groups excluding carboxylic acids is 1. The maximum absolute atomic E-state index is 12.3. The van der Waals surface area contributed by atoms with Gasteiger partial charge in [0.25, 0.3) is 0 Å².